The van der Waals surface area contributed by atoms with E-state index in [0.29, 0.717) is 35.9 Å². The fourth-order valence-electron chi connectivity index (χ4n) is 3.44. The Morgan fingerprint density at radius 1 is 1.07 bits per heavy atom. The second-order valence-electron chi connectivity index (χ2n) is 6.77. The molecular formula is C19H25N3O4S. The molecule has 1 aliphatic rings. The lowest BCUT2D eigenvalue weighted by atomic mass is 10.2. The molecule has 2 heterocycles. The lowest BCUT2D eigenvalue weighted by Crippen LogP contribution is -2.30. The summed E-state index contributed by atoms with van der Waals surface area (Å²) in [6, 6.07) is 6.61. The number of ether oxygens (including phenoxy) is 1. The molecule has 1 amide bonds. The van der Waals surface area contributed by atoms with Crippen LogP contribution in [0.4, 0.5) is 5.69 Å². The summed E-state index contributed by atoms with van der Waals surface area (Å²) in [5.41, 5.74) is 1.87. The van der Waals surface area contributed by atoms with Gasteiger partial charge in [0.15, 0.2) is 0 Å². The highest BCUT2D eigenvalue weighted by Crippen LogP contribution is 2.30. The second kappa shape index (κ2) is 7.26. The molecule has 0 atom stereocenters. The number of carbonyl (C=O) groups excluding carboxylic acids is 1. The standard InChI is InChI=1S/C19H25N3O4S/c1-13-17(19(23)22-11-5-6-12-22)18(14(2)21(13)3)27(24,25)20-15-7-9-16(26-4)10-8-15/h7-10,20H,5-6,11-12H2,1-4H3. The number of likely N-dealkylation sites (tertiary alicyclic amines) is 1. The van der Waals surface area contributed by atoms with Crippen molar-refractivity contribution in [3.05, 3.63) is 41.2 Å². The van der Waals surface area contributed by atoms with Crippen LogP contribution in [0, 0.1) is 13.8 Å². The third-order valence-corrected chi connectivity index (χ3v) is 6.68. The van der Waals surface area contributed by atoms with E-state index in [2.05, 4.69) is 4.72 Å². The highest BCUT2D eigenvalue weighted by molar-refractivity contribution is 7.92. The number of anilines is 1. The predicted octanol–water partition coefficient (Wildman–Crippen LogP) is 2.69. The van der Waals surface area contributed by atoms with E-state index in [4.69, 9.17) is 4.74 Å². The minimum absolute atomic E-state index is 0.0511. The third-order valence-electron chi connectivity index (χ3n) is 5.14. The molecule has 2 aromatic rings. The molecule has 0 spiro atoms. The first-order chi connectivity index (χ1) is 12.8. The average Bonchev–Trinajstić information content (AvgIpc) is 3.25. The van der Waals surface area contributed by atoms with Gasteiger partial charge in [-0.25, -0.2) is 8.42 Å². The van der Waals surface area contributed by atoms with E-state index in [9.17, 15) is 13.2 Å². The maximum absolute atomic E-state index is 13.2. The number of hydrogen-bond donors (Lipinski definition) is 1. The van der Waals surface area contributed by atoms with E-state index in [1.54, 1.807) is 61.7 Å². The van der Waals surface area contributed by atoms with Gasteiger partial charge >= 0.3 is 0 Å². The molecule has 146 valence electrons. The van der Waals surface area contributed by atoms with Gasteiger partial charge in [-0.05, 0) is 51.0 Å². The Bertz CT molecular complexity index is 956. The van der Waals surface area contributed by atoms with Crippen molar-refractivity contribution in [1.29, 1.82) is 0 Å². The summed E-state index contributed by atoms with van der Waals surface area (Å²) in [6.07, 6.45) is 1.89. The van der Waals surface area contributed by atoms with E-state index < -0.39 is 10.0 Å². The first kappa shape index (κ1) is 19.3. The fraction of sp³-hybridized carbons (Fsp3) is 0.421. The maximum Gasteiger partial charge on any atom is 0.264 e. The molecule has 1 aromatic carbocycles. The zero-order chi connectivity index (χ0) is 19.8. The van der Waals surface area contributed by atoms with Gasteiger partial charge in [-0.1, -0.05) is 0 Å². The van der Waals surface area contributed by atoms with Crippen LogP contribution in [0.3, 0.4) is 0 Å². The highest BCUT2D eigenvalue weighted by Gasteiger charge is 2.33. The molecule has 0 bridgehead atoms. The van der Waals surface area contributed by atoms with Crippen molar-refractivity contribution in [2.24, 2.45) is 7.05 Å². The monoisotopic (exact) mass is 391 g/mol. The first-order valence-corrected chi connectivity index (χ1v) is 10.4. The summed E-state index contributed by atoms with van der Waals surface area (Å²) >= 11 is 0. The fourth-order valence-corrected chi connectivity index (χ4v) is 5.02. The van der Waals surface area contributed by atoms with Crippen molar-refractivity contribution in [2.75, 3.05) is 24.9 Å². The third kappa shape index (κ3) is 3.53. The van der Waals surface area contributed by atoms with E-state index in [1.807, 2.05) is 0 Å². The van der Waals surface area contributed by atoms with Crippen LogP contribution in [-0.2, 0) is 17.1 Å². The lowest BCUT2D eigenvalue weighted by molar-refractivity contribution is 0.0788. The predicted molar refractivity (Wildman–Crippen MR) is 104 cm³/mol. The molecule has 1 fully saturated rings. The number of carbonyl (C=O) groups is 1. The summed E-state index contributed by atoms with van der Waals surface area (Å²) in [7, 11) is -0.607. The number of sulfonamides is 1. The number of hydrogen-bond acceptors (Lipinski definition) is 4. The number of aromatic nitrogens is 1. The molecule has 0 radical (unpaired) electrons. The van der Waals surface area contributed by atoms with Crippen molar-refractivity contribution in [3.63, 3.8) is 0 Å². The second-order valence-corrected chi connectivity index (χ2v) is 8.39. The molecule has 1 aliphatic heterocycles. The van der Waals surface area contributed by atoms with Crippen LogP contribution in [0.1, 0.15) is 34.6 Å². The lowest BCUT2D eigenvalue weighted by Gasteiger charge is -2.17. The zero-order valence-corrected chi connectivity index (χ0v) is 16.9. The largest absolute Gasteiger partial charge is 0.497 e. The number of rotatable bonds is 5. The van der Waals surface area contributed by atoms with Crippen molar-refractivity contribution in [2.45, 2.75) is 31.6 Å². The SMILES string of the molecule is COc1ccc(NS(=O)(=O)c2c(C(=O)N3CCCC3)c(C)n(C)c2C)cc1. The van der Waals surface area contributed by atoms with Crippen LogP contribution in [0.2, 0.25) is 0 Å². The molecule has 1 saturated heterocycles. The molecule has 8 heteroatoms. The quantitative estimate of drug-likeness (QED) is 0.850. The van der Waals surface area contributed by atoms with Crippen molar-refractivity contribution >= 4 is 21.6 Å². The van der Waals surface area contributed by atoms with Gasteiger partial charge in [0.1, 0.15) is 10.6 Å². The summed E-state index contributed by atoms with van der Waals surface area (Å²) in [4.78, 5) is 14.8. The smallest absolute Gasteiger partial charge is 0.264 e. The minimum atomic E-state index is -3.93. The molecule has 0 unspecified atom stereocenters. The normalized spacial score (nSPS) is 14.4. The number of methoxy groups -OCH3 is 1. The van der Waals surface area contributed by atoms with Crippen molar-refractivity contribution in [3.8, 4) is 5.75 Å². The highest BCUT2D eigenvalue weighted by atomic mass is 32.2. The van der Waals surface area contributed by atoms with Gasteiger partial charge in [0.05, 0.1) is 12.7 Å². The molecule has 27 heavy (non-hydrogen) atoms. The Morgan fingerprint density at radius 2 is 1.67 bits per heavy atom. The van der Waals surface area contributed by atoms with Crippen LogP contribution >= 0.6 is 0 Å². The molecule has 1 N–H and O–H groups in total. The Morgan fingerprint density at radius 3 is 2.22 bits per heavy atom. The summed E-state index contributed by atoms with van der Waals surface area (Å²) < 4.78 is 35.8. The van der Waals surface area contributed by atoms with Crippen LogP contribution < -0.4 is 9.46 Å². The summed E-state index contributed by atoms with van der Waals surface area (Å²) in [5, 5.41) is 0. The molecule has 3 rings (SSSR count). The van der Waals surface area contributed by atoms with Gasteiger partial charge in [-0.2, -0.15) is 0 Å². The van der Waals surface area contributed by atoms with Crippen LogP contribution in [0.5, 0.6) is 5.75 Å². The van der Waals surface area contributed by atoms with Gasteiger partial charge in [-0.3, -0.25) is 9.52 Å². The van der Waals surface area contributed by atoms with Crippen LogP contribution in [0.15, 0.2) is 29.2 Å². The molecule has 0 aliphatic carbocycles. The Kier molecular flexibility index (Phi) is 5.19. The molecule has 1 aromatic heterocycles. The molecule has 0 saturated carbocycles. The molecule has 7 nitrogen and oxygen atoms in total. The van der Waals surface area contributed by atoms with Gasteiger partial charge in [0.25, 0.3) is 15.9 Å². The van der Waals surface area contributed by atoms with E-state index in [-0.39, 0.29) is 16.4 Å². The number of nitrogens with zero attached hydrogens (tertiary/aromatic N) is 2. The van der Waals surface area contributed by atoms with Gasteiger partial charge in [-0.15, -0.1) is 0 Å². The topological polar surface area (TPSA) is 80.6 Å². The first-order valence-electron chi connectivity index (χ1n) is 8.88. The van der Waals surface area contributed by atoms with Gasteiger partial charge in [0, 0.05) is 37.2 Å². The number of benzene rings is 1. The minimum Gasteiger partial charge on any atom is -0.497 e. The summed E-state index contributed by atoms with van der Waals surface area (Å²) in [5.74, 6) is 0.415. The van der Waals surface area contributed by atoms with Crippen LogP contribution in [0.25, 0.3) is 0 Å². The van der Waals surface area contributed by atoms with Crippen molar-refractivity contribution in [1.82, 2.24) is 9.47 Å². The Hall–Kier alpha value is -2.48. The zero-order valence-electron chi connectivity index (χ0n) is 16.1. The van der Waals surface area contributed by atoms with Crippen molar-refractivity contribution < 1.29 is 17.9 Å². The number of amides is 1. The number of nitrogens with one attached hydrogen (secondary N) is 1. The Balaban J connectivity index is 2.03. The van der Waals surface area contributed by atoms with E-state index in [0.717, 1.165) is 12.8 Å². The van der Waals surface area contributed by atoms with Crippen LogP contribution in [-0.4, -0.2) is 44.0 Å². The molecular weight excluding hydrogens is 366 g/mol. The van der Waals surface area contributed by atoms with Gasteiger partial charge in [0.2, 0.25) is 0 Å². The van der Waals surface area contributed by atoms with Gasteiger partial charge < -0.3 is 14.2 Å². The average molecular weight is 391 g/mol. The van der Waals surface area contributed by atoms with E-state index >= 15 is 0 Å². The maximum atomic E-state index is 13.2. The summed E-state index contributed by atoms with van der Waals surface area (Å²) in [6.45, 7) is 4.83. The van der Waals surface area contributed by atoms with E-state index in [1.165, 1.54) is 0 Å². The Labute approximate surface area is 160 Å².